The normalized spacial score (nSPS) is 24.5. The topological polar surface area (TPSA) is 40.6 Å². The molecule has 0 N–H and O–H groups in total. The van der Waals surface area contributed by atoms with E-state index in [1.807, 2.05) is 11.1 Å². The van der Waals surface area contributed by atoms with Crippen molar-refractivity contribution in [1.29, 1.82) is 0 Å². The zero-order chi connectivity index (χ0) is 16.8. The molecule has 4 heteroatoms. The van der Waals surface area contributed by atoms with Crippen LogP contribution in [-0.4, -0.2) is 47.7 Å². The van der Waals surface area contributed by atoms with Crippen LogP contribution in [0.4, 0.5) is 0 Å². The molecule has 0 aromatic carbocycles. The minimum absolute atomic E-state index is 0.254. The molecule has 0 aromatic heterocycles. The summed E-state index contributed by atoms with van der Waals surface area (Å²) < 4.78 is 0. The van der Waals surface area contributed by atoms with Gasteiger partial charge in [0.15, 0.2) is 5.78 Å². The third kappa shape index (κ3) is 4.61. The maximum atomic E-state index is 12.6. The van der Waals surface area contributed by atoms with Crippen molar-refractivity contribution in [3.8, 4) is 0 Å². The summed E-state index contributed by atoms with van der Waals surface area (Å²) >= 11 is 0. The minimum Gasteiger partial charge on any atom is -0.374 e. The first-order chi connectivity index (χ1) is 11.7. The lowest BCUT2D eigenvalue weighted by Crippen LogP contribution is -2.49. The van der Waals surface area contributed by atoms with Gasteiger partial charge in [0.25, 0.3) is 0 Å². The summed E-state index contributed by atoms with van der Waals surface area (Å²) in [6.07, 6.45) is 15.4. The van der Waals surface area contributed by atoms with E-state index in [2.05, 4.69) is 4.90 Å². The number of amides is 1. The summed E-state index contributed by atoms with van der Waals surface area (Å²) in [5.41, 5.74) is 0. The van der Waals surface area contributed by atoms with E-state index in [1.54, 1.807) is 6.08 Å². The number of rotatable bonds is 4. The van der Waals surface area contributed by atoms with Gasteiger partial charge >= 0.3 is 0 Å². The highest BCUT2D eigenvalue weighted by atomic mass is 16.2. The zero-order valence-corrected chi connectivity index (χ0v) is 14.9. The van der Waals surface area contributed by atoms with E-state index < -0.39 is 0 Å². The standard InChI is InChI=1S/C20H32N2O2/c23-19(17-7-3-1-4-8-17)11-12-21-13-15-22(16-14-21)20(24)18-9-5-2-6-10-18/h11-12,17-18H,1-10,13-16H2/b12-11+. The molecule has 1 aliphatic heterocycles. The van der Waals surface area contributed by atoms with E-state index in [0.717, 1.165) is 51.9 Å². The second kappa shape index (κ2) is 8.68. The SMILES string of the molecule is O=C(/C=C/N1CCN(C(=O)C2CCCCC2)CC1)C1CCCCC1. The maximum absolute atomic E-state index is 12.6. The van der Waals surface area contributed by atoms with Crippen molar-refractivity contribution in [3.05, 3.63) is 12.3 Å². The fourth-order valence-electron chi connectivity index (χ4n) is 4.40. The molecule has 1 amide bonds. The maximum Gasteiger partial charge on any atom is 0.225 e. The Labute approximate surface area is 146 Å². The average molecular weight is 332 g/mol. The second-order valence-electron chi connectivity index (χ2n) is 7.75. The van der Waals surface area contributed by atoms with Crippen molar-refractivity contribution in [2.24, 2.45) is 11.8 Å². The Morgan fingerprint density at radius 2 is 1.25 bits per heavy atom. The molecule has 0 radical (unpaired) electrons. The van der Waals surface area contributed by atoms with Gasteiger partial charge in [-0.25, -0.2) is 0 Å². The molecule has 4 nitrogen and oxygen atoms in total. The Hall–Kier alpha value is -1.32. The molecule has 0 unspecified atom stereocenters. The van der Waals surface area contributed by atoms with Crippen molar-refractivity contribution < 1.29 is 9.59 Å². The van der Waals surface area contributed by atoms with E-state index in [9.17, 15) is 9.59 Å². The molecule has 24 heavy (non-hydrogen) atoms. The summed E-state index contributed by atoms with van der Waals surface area (Å²) in [6.45, 7) is 3.31. The van der Waals surface area contributed by atoms with Crippen molar-refractivity contribution >= 4 is 11.7 Å². The number of carbonyl (C=O) groups excluding carboxylic acids is 2. The third-order valence-electron chi connectivity index (χ3n) is 6.04. The summed E-state index contributed by atoms with van der Waals surface area (Å²) in [6, 6.07) is 0. The Morgan fingerprint density at radius 1 is 0.708 bits per heavy atom. The smallest absolute Gasteiger partial charge is 0.225 e. The van der Waals surface area contributed by atoms with Gasteiger partial charge in [-0.2, -0.15) is 0 Å². The van der Waals surface area contributed by atoms with Crippen molar-refractivity contribution in [3.63, 3.8) is 0 Å². The van der Waals surface area contributed by atoms with E-state index in [0.29, 0.717) is 11.7 Å². The molecular weight excluding hydrogens is 300 g/mol. The van der Waals surface area contributed by atoms with Gasteiger partial charge in [0, 0.05) is 44.2 Å². The molecule has 1 saturated heterocycles. The van der Waals surface area contributed by atoms with Gasteiger partial charge in [0.2, 0.25) is 5.91 Å². The van der Waals surface area contributed by atoms with Gasteiger partial charge in [0.05, 0.1) is 0 Å². The molecule has 3 fully saturated rings. The van der Waals surface area contributed by atoms with Crippen molar-refractivity contribution in [2.45, 2.75) is 64.2 Å². The third-order valence-corrected chi connectivity index (χ3v) is 6.04. The predicted octanol–water partition coefficient (Wildman–Crippen LogP) is 3.37. The highest BCUT2D eigenvalue weighted by Crippen LogP contribution is 2.26. The van der Waals surface area contributed by atoms with Gasteiger partial charge in [-0.15, -0.1) is 0 Å². The molecule has 2 aliphatic carbocycles. The molecule has 0 atom stereocenters. The summed E-state index contributed by atoms with van der Waals surface area (Å²) in [5.74, 6) is 1.20. The Kier molecular flexibility index (Phi) is 6.33. The molecular formula is C20H32N2O2. The largest absolute Gasteiger partial charge is 0.374 e. The first-order valence-electron chi connectivity index (χ1n) is 9.99. The number of ketones is 1. The highest BCUT2D eigenvalue weighted by molar-refractivity contribution is 5.91. The summed E-state index contributed by atoms with van der Waals surface area (Å²) in [4.78, 5) is 29.1. The molecule has 134 valence electrons. The molecule has 0 bridgehead atoms. The van der Waals surface area contributed by atoms with Crippen LogP contribution in [0.5, 0.6) is 0 Å². The van der Waals surface area contributed by atoms with E-state index in [-0.39, 0.29) is 11.8 Å². The fourth-order valence-corrected chi connectivity index (χ4v) is 4.40. The number of piperazine rings is 1. The lowest BCUT2D eigenvalue weighted by Gasteiger charge is -2.36. The quantitative estimate of drug-likeness (QED) is 0.741. The van der Waals surface area contributed by atoms with E-state index in [4.69, 9.17) is 0 Å². The monoisotopic (exact) mass is 332 g/mol. The Balaban J connectivity index is 1.42. The zero-order valence-electron chi connectivity index (χ0n) is 14.9. The summed E-state index contributed by atoms with van der Waals surface area (Å²) in [7, 11) is 0. The van der Waals surface area contributed by atoms with Gasteiger partial charge in [-0.05, 0) is 31.8 Å². The minimum atomic E-state index is 0.254. The van der Waals surface area contributed by atoms with Gasteiger partial charge in [-0.1, -0.05) is 38.5 Å². The van der Waals surface area contributed by atoms with Crippen molar-refractivity contribution in [1.82, 2.24) is 9.80 Å². The van der Waals surface area contributed by atoms with Gasteiger partial charge in [-0.3, -0.25) is 9.59 Å². The molecule has 0 aromatic rings. The fraction of sp³-hybridized carbons (Fsp3) is 0.800. The molecule has 3 rings (SSSR count). The second-order valence-corrected chi connectivity index (χ2v) is 7.75. The van der Waals surface area contributed by atoms with Crippen LogP contribution in [0.1, 0.15) is 64.2 Å². The Morgan fingerprint density at radius 3 is 1.83 bits per heavy atom. The molecule has 2 saturated carbocycles. The average Bonchev–Trinajstić information content (AvgIpc) is 2.67. The molecule has 1 heterocycles. The lowest BCUT2D eigenvalue weighted by atomic mass is 9.86. The predicted molar refractivity (Wildman–Crippen MR) is 95.5 cm³/mol. The van der Waals surface area contributed by atoms with Crippen LogP contribution < -0.4 is 0 Å². The number of hydrogen-bond acceptors (Lipinski definition) is 3. The number of hydrogen-bond donors (Lipinski definition) is 0. The van der Waals surface area contributed by atoms with E-state index >= 15 is 0 Å². The highest BCUT2D eigenvalue weighted by Gasteiger charge is 2.28. The lowest BCUT2D eigenvalue weighted by molar-refractivity contribution is -0.138. The Bertz CT molecular complexity index is 454. The van der Waals surface area contributed by atoms with Gasteiger partial charge < -0.3 is 9.80 Å². The van der Waals surface area contributed by atoms with Gasteiger partial charge in [0.1, 0.15) is 0 Å². The number of nitrogens with zero attached hydrogens (tertiary/aromatic N) is 2. The molecule has 0 spiro atoms. The van der Waals surface area contributed by atoms with E-state index in [1.165, 1.54) is 38.5 Å². The van der Waals surface area contributed by atoms with Crippen LogP contribution in [-0.2, 0) is 9.59 Å². The van der Waals surface area contributed by atoms with Crippen LogP contribution in [0.15, 0.2) is 12.3 Å². The number of allylic oxidation sites excluding steroid dienone is 1. The van der Waals surface area contributed by atoms with Crippen LogP contribution >= 0.6 is 0 Å². The van der Waals surface area contributed by atoms with Crippen LogP contribution in [0.3, 0.4) is 0 Å². The first kappa shape index (κ1) is 17.5. The van der Waals surface area contributed by atoms with Crippen molar-refractivity contribution in [2.75, 3.05) is 26.2 Å². The summed E-state index contributed by atoms with van der Waals surface area (Å²) in [5, 5.41) is 0. The van der Waals surface area contributed by atoms with Crippen LogP contribution in [0, 0.1) is 11.8 Å². The number of carbonyl (C=O) groups is 2. The van der Waals surface area contributed by atoms with Crippen LogP contribution in [0.25, 0.3) is 0 Å². The van der Waals surface area contributed by atoms with Crippen LogP contribution in [0.2, 0.25) is 0 Å². The first-order valence-corrected chi connectivity index (χ1v) is 9.99. The molecule has 3 aliphatic rings.